The molecule has 1 unspecified atom stereocenters. The summed E-state index contributed by atoms with van der Waals surface area (Å²) >= 11 is 6.51. The molecule has 0 radical (unpaired) electrons. The van der Waals surface area contributed by atoms with Gasteiger partial charge in [0.2, 0.25) is 0 Å². The molecule has 28 heavy (non-hydrogen) atoms. The summed E-state index contributed by atoms with van der Waals surface area (Å²) in [5.41, 5.74) is 1.48. The van der Waals surface area contributed by atoms with Crippen LogP contribution < -0.4 is 10.6 Å². The van der Waals surface area contributed by atoms with E-state index in [1.807, 2.05) is 0 Å². The molecule has 1 saturated heterocycles. The largest absolute Gasteiger partial charge is 0.450 e. The summed E-state index contributed by atoms with van der Waals surface area (Å²) in [5, 5.41) is 16.8. The van der Waals surface area contributed by atoms with Crippen LogP contribution in [0, 0.1) is 0 Å². The molecule has 1 spiro atoms. The standard InChI is InChI=1S/C20H22ClN3O4/c21-13-8-11-9-14(18(26)24-7-4-12(25)10-24)28-17(11)15-16(13)22-19(27)23-20(15)5-2-1-3-6-20/h8-9,12,25H,1-7,10H2,(H2,22,23,27). The van der Waals surface area contributed by atoms with Crippen molar-refractivity contribution in [1.82, 2.24) is 10.2 Å². The summed E-state index contributed by atoms with van der Waals surface area (Å²) < 4.78 is 6.07. The normalized spacial score (nSPS) is 23.6. The lowest BCUT2D eigenvalue weighted by Gasteiger charge is -2.42. The number of furan rings is 1. The number of anilines is 1. The minimum Gasteiger partial charge on any atom is -0.450 e. The summed E-state index contributed by atoms with van der Waals surface area (Å²) in [4.78, 5) is 26.8. The quantitative estimate of drug-likeness (QED) is 0.678. The van der Waals surface area contributed by atoms with Gasteiger partial charge in [0.1, 0.15) is 5.58 Å². The molecule has 3 aliphatic rings. The maximum atomic E-state index is 12.8. The number of aliphatic hydroxyl groups is 1. The van der Waals surface area contributed by atoms with Crippen molar-refractivity contribution in [1.29, 1.82) is 0 Å². The smallest absolute Gasteiger partial charge is 0.319 e. The van der Waals surface area contributed by atoms with Crippen molar-refractivity contribution in [3.05, 3.63) is 28.5 Å². The van der Waals surface area contributed by atoms with Crippen molar-refractivity contribution in [3.8, 4) is 0 Å². The highest BCUT2D eigenvalue weighted by molar-refractivity contribution is 6.35. The maximum absolute atomic E-state index is 12.8. The lowest BCUT2D eigenvalue weighted by molar-refractivity contribution is 0.0736. The number of amides is 3. The van der Waals surface area contributed by atoms with E-state index < -0.39 is 11.6 Å². The predicted octanol–water partition coefficient (Wildman–Crippen LogP) is 3.59. The van der Waals surface area contributed by atoms with Gasteiger partial charge in [-0.2, -0.15) is 0 Å². The van der Waals surface area contributed by atoms with E-state index in [4.69, 9.17) is 16.0 Å². The molecule has 1 saturated carbocycles. The van der Waals surface area contributed by atoms with E-state index in [1.54, 1.807) is 17.0 Å². The zero-order valence-corrected chi connectivity index (χ0v) is 16.1. The molecule has 1 atom stereocenters. The van der Waals surface area contributed by atoms with Crippen LogP contribution in [-0.4, -0.2) is 41.1 Å². The molecule has 3 N–H and O–H groups in total. The number of aliphatic hydroxyl groups excluding tert-OH is 1. The van der Waals surface area contributed by atoms with Gasteiger partial charge in [-0.3, -0.25) is 4.79 Å². The topological polar surface area (TPSA) is 94.8 Å². The van der Waals surface area contributed by atoms with Crippen LogP contribution in [0.25, 0.3) is 11.0 Å². The first kappa shape index (κ1) is 17.8. The second-order valence-corrected chi connectivity index (χ2v) is 8.46. The zero-order chi connectivity index (χ0) is 19.5. The Labute approximate surface area is 167 Å². The number of halogens is 1. The molecular weight excluding hydrogens is 382 g/mol. The van der Waals surface area contributed by atoms with Crippen LogP contribution in [0.15, 0.2) is 16.5 Å². The van der Waals surface area contributed by atoms with Crippen LogP contribution in [0.2, 0.25) is 5.02 Å². The van der Waals surface area contributed by atoms with Gasteiger partial charge in [-0.1, -0.05) is 30.9 Å². The molecule has 1 aliphatic carbocycles. The number of fused-ring (bicyclic) bond motifs is 4. The van der Waals surface area contributed by atoms with Gasteiger partial charge in [0.05, 0.1) is 22.4 Å². The zero-order valence-electron chi connectivity index (χ0n) is 15.4. The molecule has 0 bridgehead atoms. The van der Waals surface area contributed by atoms with Gasteiger partial charge in [0.25, 0.3) is 5.91 Å². The SMILES string of the molecule is O=C1Nc2c(Cl)cc3cc(C(=O)N4CCC(O)C4)oc3c2C2(CCCCC2)N1. The monoisotopic (exact) mass is 403 g/mol. The van der Waals surface area contributed by atoms with Gasteiger partial charge in [0.15, 0.2) is 5.76 Å². The highest BCUT2D eigenvalue weighted by Gasteiger charge is 2.44. The number of β-amino-alcohol motifs (C(OH)–C–C–N with tert-alkyl or cyclic N) is 1. The van der Waals surface area contributed by atoms with E-state index in [-0.39, 0.29) is 17.7 Å². The first-order valence-corrected chi connectivity index (χ1v) is 10.2. The van der Waals surface area contributed by atoms with E-state index in [0.717, 1.165) is 43.1 Å². The summed E-state index contributed by atoms with van der Waals surface area (Å²) in [6.45, 7) is 0.827. The number of nitrogens with zero attached hydrogens (tertiary/aromatic N) is 1. The van der Waals surface area contributed by atoms with Gasteiger partial charge in [0, 0.05) is 24.0 Å². The van der Waals surface area contributed by atoms with Crippen molar-refractivity contribution in [3.63, 3.8) is 0 Å². The van der Waals surface area contributed by atoms with Crippen molar-refractivity contribution in [2.24, 2.45) is 0 Å². The number of urea groups is 1. The van der Waals surface area contributed by atoms with Gasteiger partial charge in [-0.25, -0.2) is 4.79 Å². The summed E-state index contributed by atoms with van der Waals surface area (Å²) in [7, 11) is 0. The molecule has 5 rings (SSSR count). The maximum Gasteiger partial charge on any atom is 0.319 e. The number of likely N-dealkylation sites (tertiary alicyclic amines) is 1. The first-order chi connectivity index (χ1) is 13.5. The summed E-state index contributed by atoms with van der Waals surface area (Å²) in [6.07, 6.45) is 4.85. The van der Waals surface area contributed by atoms with Crippen molar-refractivity contribution < 1.29 is 19.1 Å². The van der Waals surface area contributed by atoms with Crippen LogP contribution in [0.4, 0.5) is 10.5 Å². The Morgan fingerprint density at radius 3 is 2.79 bits per heavy atom. The van der Waals surface area contributed by atoms with Crippen molar-refractivity contribution in [2.75, 3.05) is 18.4 Å². The Kier molecular flexibility index (Phi) is 4.07. The first-order valence-electron chi connectivity index (χ1n) is 9.80. The minimum absolute atomic E-state index is 0.233. The number of carbonyl (C=O) groups is 2. The average Bonchev–Trinajstić information content (AvgIpc) is 3.28. The van der Waals surface area contributed by atoms with Crippen LogP contribution in [0.5, 0.6) is 0 Å². The number of benzene rings is 1. The fraction of sp³-hybridized carbons (Fsp3) is 0.500. The number of nitrogens with one attached hydrogen (secondary N) is 2. The third-order valence-electron chi connectivity index (χ3n) is 6.20. The van der Waals surface area contributed by atoms with E-state index in [9.17, 15) is 14.7 Å². The molecule has 8 heteroatoms. The molecule has 1 aromatic heterocycles. The van der Waals surface area contributed by atoms with Crippen molar-refractivity contribution >= 4 is 40.2 Å². The Bertz CT molecular complexity index is 979. The Hall–Kier alpha value is -2.25. The summed E-state index contributed by atoms with van der Waals surface area (Å²) in [5.74, 6) is -0.000420. The Balaban J connectivity index is 1.65. The molecule has 3 amide bonds. The number of rotatable bonds is 1. The van der Waals surface area contributed by atoms with Gasteiger partial charge in [-0.05, 0) is 31.4 Å². The van der Waals surface area contributed by atoms with Gasteiger partial charge >= 0.3 is 6.03 Å². The van der Waals surface area contributed by atoms with Gasteiger partial charge < -0.3 is 25.1 Å². The van der Waals surface area contributed by atoms with E-state index in [1.165, 1.54) is 0 Å². The molecule has 2 aliphatic heterocycles. The lowest BCUT2D eigenvalue weighted by atomic mass is 9.74. The van der Waals surface area contributed by atoms with E-state index in [0.29, 0.717) is 35.8 Å². The van der Waals surface area contributed by atoms with Crippen LogP contribution in [0.1, 0.15) is 54.6 Å². The molecule has 7 nitrogen and oxygen atoms in total. The molecule has 2 aromatic rings. The van der Waals surface area contributed by atoms with Crippen LogP contribution in [0.3, 0.4) is 0 Å². The fourth-order valence-electron chi connectivity index (χ4n) is 4.87. The second-order valence-electron chi connectivity index (χ2n) is 8.05. The third-order valence-corrected chi connectivity index (χ3v) is 6.50. The fourth-order valence-corrected chi connectivity index (χ4v) is 5.13. The van der Waals surface area contributed by atoms with Crippen LogP contribution in [-0.2, 0) is 5.54 Å². The van der Waals surface area contributed by atoms with Gasteiger partial charge in [-0.15, -0.1) is 0 Å². The molecular formula is C20H22ClN3O4. The molecule has 1 aromatic carbocycles. The third kappa shape index (κ3) is 2.68. The number of hydrogen-bond acceptors (Lipinski definition) is 4. The number of carbonyl (C=O) groups excluding carboxylic acids is 2. The minimum atomic E-state index is -0.527. The predicted molar refractivity (Wildman–Crippen MR) is 105 cm³/mol. The molecule has 2 fully saturated rings. The van der Waals surface area contributed by atoms with Crippen LogP contribution >= 0.6 is 11.6 Å². The lowest BCUT2D eigenvalue weighted by Crippen LogP contribution is -2.52. The molecule has 3 heterocycles. The highest BCUT2D eigenvalue weighted by Crippen LogP contribution is 2.49. The van der Waals surface area contributed by atoms with Crippen molar-refractivity contribution in [2.45, 2.75) is 50.2 Å². The highest BCUT2D eigenvalue weighted by atomic mass is 35.5. The molecule has 148 valence electrons. The second kappa shape index (κ2) is 6.39. The van der Waals surface area contributed by atoms with E-state index >= 15 is 0 Å². The Morgan fingerprint density at radius 1 is 1.29 bits per heavy atom. The average molecular weight is 404 g/mol. The Morgan fingerprint density at radius 2 is 2.07 bits per heavy atom. The number of hydrogen-bond donors (Lipinski definition) is 3. The summed E-state index contributed by atoms with van der Waals surface area (Å²) in [6, 6.07) is 3.18. The van der Waals surface area contributed by atoms with E-state index in [2.05, 4.69) is 10.6 Å².